The molecule has 0 fully saturated rings. The highest BCUT2D eigenvalue weighted by Gasteiger charge is 2.23. The van der Waals surface area contributed by atoms with Crippen molar-refractivity contribution in [2.75, 3.05) is 26.7 Å². The summed E-state index contributed by atoms with van der Waals surface area (Å²) in [6.45, 7) is 8.76. The van der Waals surface area contributed by atoms with Gasteiger partial charge in [0.15, 0.2) is 0 Å². The molecule has 4 heteroatoms. The monoisotopic (exact) mass is 175 g/mol. The van der Waals surface area contributed by atoms with Crippen molar-refractivity contribution in [3.63, 3.8) is 0 Å². The number of hydrogen-bond acceptors (Lipinski definition) is 2. The second kappa shape index (κ2) is 4.98. The first-order valence-electron chi connectivity index (χ1n) is 4.36. The maximum atomic E-state index is 11.0. The lowest BCUT2D eigenvalue weighted by molar-refractivity contribution is -0.957. The first-order chi connectivity index (χ1) is 5.64. The fourth-order valence-corrected chi connectivity index (χ4v) is 1.15. The number of ether oxygens (including phenoxy) is 1. The highest BCUT2D eigenvalue weighted by atomic mass is 16.5. The average molecular weight is 175 g/mol. The van der Waals surface area contributed by atoms with Gasteiger partial charge in [-0.05, 0) is 20.8 Å². The zero-order valence-electron chi connectivity index (χ0n) is 8.39. The summed E-state index contributed by atoms with van der Waals surface area (Å²) in [4.78, 5) is 11.0. The summed E-state index contributed by atoms with van der Waals surface area (Å²) >= 11 is 0. The van der Waals surface area contributed by atoms with Crippen LogP contribution in [-0.2, 0) is 4.74 Å². The van der Waals surface area contributed by atoms with Crippen molar-refractivity contribution in [3.8, 4) is 0 Å². The lowest BCUT2D eigenvalue weighted by Crippen LogP contribution is -2.59. The van der Waals surface area contributed by atoms with Gasteiger partial charge in [0, 0.05) is 0 Å². The van der Waals surface area contributed by atoms with Crippen LogP contribution >= 0.6 is 0 Å². The molecular formula is C8H19N2O2+. The lowest BCUT2D eigenvalue weighted by atomic mass is 10.4. The Bertz CT molecular complexity index is 136. The summed E-state index contributed by atoms with van der Waals surface area (Å²) in [5, 5.41) is 0. The van der Waals surface area contributed by atoms with Crippen LogP contribution in [0.4, 0.5) is 4.79 Å². The molecule has 0 aromatic carbocycles. The number of amides is 1. The van der Waals surface area contributed by atoms with E-state index >= 15 is 0 Å². The highest BCUT2D eigenvalue weighted by Crippen LogP contribution is 2.00. The number of carbonyl (C=O) groups is 1. The Hall–Kier alpha value is -0.770. The van der Waals surface area contributed by atoms with Gasteiger partial charge >= 0.3 is 6.09 Å². The third kappa shape index (κ3) is 2.70. The first-order valence-corrected chi connectivity index (χ1v) is 4.36. The van der Waals surface area contributed by atoms with Gasteiger partial charge in [-0.3, -0.25) is 0 Å². The van der Waals surface area contributed by atoms with E-state index in [2.05, 4.69) is 10.2 Å². The molecule has 1 amide bonds. The summed E-state index contributed by atoms with van der Waals surface area (Å²) in [6, 6.07) is 0. The van der Waals surface area contributed by atoms with Crippen LogP contribution < -0.4 is 5.43 Å². The molecule has 0 unspecified atom stereocenters. The van der Waals surface area contributed by atoms with Crippen molar-refractivity contribution in [2.24, 2.45) is 0 Å². The van der Waals surface area contributed by atoms with Crippen LogP contribution in [0.3, 0.4) is 0 Å². The fraction of sp³-hybridized carbons (Fsp3) is 0.875. The molecule has 0 radical (unpaired) electrons. The van der Waals surface area contributed by atoms with Crippen molar-refractivity contribution in [1.29, 1.82) is 0 Å². The number of rotatable bonds is 4. The van der Waals surface area contributed by atoms with Crippen LogP contribution in [0.15, 0.2) is 0 Å². The number of methoxy groups -OCH3 is 1. The second-order valence-corrected chi connectivity index (χ2v) is 2.70. The normalized spacial score (nSPS) is 11.0. The SMILES string of the molecule is CC[N+](CC)(CC)NC(=O)OC. The Kier molecular flexibility index (Phi) is 4.66. The van der Waals surface area contributed by atoms with Crippen LogP contribution in [0.25, 0.3) is 0 Å². The molecule has 1 N–H and O–H groups in total. The Morgan fingerprint density at radius 3 is 1.92 bits per heavy atom. The molecule has 0 aliphatic heterocycles. The van der Waals surface area contributed by atoms with Gasteiger partial charge in [0.25, 0.3) is 0 Å². The van der Waals surface area contributed by atoms with Crippen molar-refractivity contribution in [1.82, 2.24) is 5.43 Å². The van der Waals surface area contributed by atoms with E-state index in [0.29, 0.717) is 4.59 Å². The van der Waals surface area contributed by atoms with Gasteiger partial charge in [0.05, 0.1) is 26.7 Å². The second-order valence-electron chi connectivity index (χ2n) is 2.70. The standard InChI is InChI=1S/C8H18N2O2/c1-5-10(6-2,7-3)9-8(11)12-4/h5-7H2,1-4H3/p+1. The third-order valence-corrected chi connectivity index (χ3v) is 2.33. The predicted molar refractivity (Wildman–Crippen MR) is 47.4 cm³/mol. The molecule has 0 heterocycles. The number of nitrogens with one attached hydrogen (secondary N) is 1. The van der Waals surface area contributed by atoms with E-state index in [1.54, 1.807) is 0 Å². The van der Waals surface area contributed by atoms with Gasteiger partial charge < -0.3 is 4.74 Å². The molecule has 0 saturated carbocycles. The average Bonchev–Trinajstić information content (AvgIpc) is 2.14. The lowest BCUT2D eigenvalue weighted by Gasteiger charge is -2.33. The highest BCUT2D eigenvalue weighted by molar-refractivity contribution is 5.65. The molecule has 0 bridgehead atoms. The zero-order valence-corrected chi connectivity index (χ0v) is 8.39. The van der Waals surface area contributed by atoms with Gasteiger partial charge in [0.2, 0.25) is 0 Å². The van der Waals surface area contributed by atoms with E-state index in [4.69, 9.17) is 0 Å². The number of carbonyl (C=O) groups excluding carboxylic acids is 1. The van der Waals surface area contributed by atoms with E-state index in [1.807, 2.05) is 20.8 Å². The molecule has 0 aromatic heterocycles. The van der Waals surface area contributed by atoms with Crippen molar-refractivity contribution in [2.45, 2.75) is 20.8 Å². The van der Waals surface area contributed by atoms with E-state index in [-0.39, 0.29) is 6.09 Å². The smallest absolute Gasteiger partial charge is 0.450 e. The molecule has 0 aliphatic rings. The Morgan fingerprint density at radius 2 is 1.67 bits per heavy atom. The van der Waals surface area contributed by atoms with Crippen molar-refractivity contribution < 1.29 is 14.1 Å². The van der Waals surface area contributed by atoms with Gasteiger partial charge in [0.1, 0.15) is 0 Å². The van der Waals surface area contributed by atoms with Crippen molar-refractivity contribution in [3.05, 3.63) is 0 Å². The van der Waals surface area contributed by atoms with Gasteiger partial charge in [-0.2, -0.15) is 5.43 Å². The molecule has 0 rings (SSSR count). The molecule has 0 aliphatic carbocycles. The summed E-state index contributed by atoms with van der Waals surface area (Å²) in [5.74, 6) is 0. The molecule has 72 valence electrons. The van der Waals surface area contributed by atoms with Gasteiger partial charge in [-0.15, -0.1) is 0 Å². The van der Waals surface area contributed by atoms with Crippen LogP contribution in [0.1, 0.15) is 20.8 Å². The van der Waals surface area contributed by atoms with E-state index < -0.39 is 0 Å². The fourth-order valence-electron chi connectivity index (χ4n) is 1.15. The largest absolute Gasteiger partial charge is 0.451 e. The minimum atomic E-state index is -0.361. The van der Waals surface area contributed by atoms with Gasteiger partial charge in [-0.25, -0.2) is 9.39 Å². The number of hydrogen-bond donors (Lipinski definition) is 1. The minimum absolute atomic E-state index is 0.361. The predicted octanol–water partition coefficient (Wildman–Crippen LogP) is 1.13. The maximum absolute atomic E-state index is 11.0. The third-order valence-electron chi connectivity index (χ3n) is 2.33. The van der Waals surface area contributed by atoms with Crippen LogP contribution in [0.5, 0.6) is 0 Å². The summed E-state index contributed by atoms with van der Waals surface area (Å²) in [7, 11) is 1.38. The molecular weight excluding hydrogens is 156 g/mol. The van der Waals surface area contributed by atoms with Crippen LogP contribution in [-0.4, -0.2) is 37.4 Å². The summed E-state index contributed by atoms with van der Waals surface area (Å²) in [5.41, 5.74) is 2.81. The quantitative estimate of drug-likeness (QED) is 0.514. The number of nitrogens with zero attached hydrogens (tertiary/aromatic N) is 1. The molecule has 0 atom stereocenters. The molecule has 4 nitrogen and oxygen atoms in total. The maximum Gasteiger partial charge on any atom is 0.451 e. The number of quaternary nitrogens is 1. The van der Waals surface area contributed by atoms with Crippen LogP contribution in [0.2, 0.25) is 0 Å². The van der Waals surface area contributed by atoms with Crippen LogP contribution in [0, 0.1) is 0 Å². The van der Waals surface area contributed by atoms with E-state index in [9.17, 15) is 4.79 Å². The zero-order chi connectivity index (χ0) is 9.61. The Morgan fingerprint density at radius 1 is 1.25 bits per heavy atom. The van der Waals surface area contributed by atoms with E-state index in [1.165, 1.54) is 7.11 Å². The first kappa shape index (κ1) is 11.2. The van der Waals surface area contributed by atoms with E-state index in [0.717, 1.165) is 19.6 Å². The van der Waals surface area contributed by atoms with Crippen molar-refractivity contribution >= 4 is 6.09 Å². The Balaban J connectivity index is 4.19. The molecule has 0 saturated heterocycles. The Labute approximate surface area is 74.1 Å². The summed E-state index contributed by atoms with van der Waals surface area (Å²) < 4.78 is 5.12. The molecule has 12 heavy (non-hydrogen) atoms. The molecule has 0 aromatic rings. The van der Waals surface area contributed by atoms with Gasteiger partial charge in [-0.1, -0.05) is 0 Å². The summed E-state index contributed by atoms with van der Waals surface area (Å²) in [6.07, 6.45) is -0.361. The topological polar surface area (TPSA) is 38.3 Å². The minimum Gasteiger partial charge on any atom is -0.450 e. The molecule has 0 spiro atoms.